The molecule has 0 spiro atoms. The van der Waals surface area contributed by atoms with Crippen LogP contribution in [0.3, 0.4) is 0 Å². The summed E-state index contributed by atoms with van der Waals surface area (Å²) in [5.41, 5.74) is 0. The molecule has 0 aliphatic heterocycles. The third kappa shape index (κ3) is 4.47. The van der Waals surface area contributed by atoms with Crippen molar-refractivity contribution in [2.45, 2.75) is 7.43 Å². The fourth-order valence-corrected chi connectivity index (χ4v) is 0.671. The first-order chi connectivity index (χ1) is 3.35. The highest BCUT2D eigenvalue weighted by atomic mass is 31.2. The van der Waals surface area contributed by atoms with Crippen LogP contribution in [0.25, 0.3) is 0 Å². The molecule has 3 nitrogen and oxygen atoms in total. The Kier molecular flexibility index (Phi) is 10.2. The van der Waals surface area contributed by atoms with Gasteiger partial charge in [0.25, 0.3) is 0 Å². The summed E-state index contributed by atoms with van der Waals surface area (Å²) >= 11 is 0. The van der Waals surface area contributed by atoms with E-state index in [0.29, 0.717) is 0 Å². The Morgan fingerprint density at radius 2 is 1.12 bits per heavy atom. The average Bonchev–Trinajstić information content (AvgIpc) is 1.72. The Morgan fingerprint density at radius 1 is 0.875 bits per heavy atom. The molecule has 0 aromatic carbocycles. The highest BCUT2D eigenvalue weighted by molar-refractivity contribution is 7.41. The predicted molar refractivity (Wildman–Crippen MR) is 34.7 cm³/mol. The molecular weight excluding hydrogens is 127 g/mol. The summed E-state index contributed by atoms with van der Waals surface area (Å²) in [6.07, 6.45) is 0. The molecule has 0 amide bonds. The van der Waals surface area contributed by atoms with Crippen molar-refractivity contribution in [2.24, 2.45) is 0 Å². The van der Waals surface area contributed by atoms with Crippen LogP contribution < -0.4 is 0 Å². The average molecular weight is 140 g/mol. The van der Waals surface area contributed by atoms with Gasteiger partial charge in [-0.25, -0.2) is 0 Å². The molecule has 52 valence electrons. The van der Waals surface area contributed by atoms with Crippen molar-refractivity contribution in [2.75, 3.05) is 21.3 Å². The summed E-state index contributed by atoms with van der Waals surface area (Å²) in [4.78, 5) is 0. The van der Waals surface area contributed by atoms with E-state index >= 15 is 0 Å². The van der Waals surface area contributed by atoms with Crippen LogP contribution in [-0.4, -0.2) is 21.3 Å². The van der Waals surface area contributed by atoms with Crippen LogP contribution in [0.4, 0.5) is 0 Å². The van der Waals surface area contributed by atoms with E-state index in [2.05, 4.69) is 13.6 Å². The van der Waals surface area contributed by atoms with Crippen LogP contribution in [0.1, 0.15) is 7.43 Å². The zero-order valence-electron chi connectivity index (χ0n) is 4.67. The minimum absolute atomic E-state index is 0. The van der Waals surface area contributed by atoms with Gasteiger partial charge in [0.05, 0.1) is 0 Å². The van der Waals surface area contributed by atoms with Gasteiger partial charge in [-0.3, -0.25) is 0 Å². The van der Waals surface area contributed by atoms with E-state index in [1.54, 1.807) is 21.3 Å². The maximum Gasteiger partial charge on any atom is 0.331 e. The van der Waals surface area contributed by atoms with E-state index in [0.717, 1.165) is 0 Å². The van der Waals surface area contributed by atoms with Gasteiger partial charge < -0.3 is 13.6 Å². The van der Waals surface area contributed by atoms with Crippen molar-refractivity contribution in [3.8, 4) is 0 Å². The van der Waals surface area contributed by atoms with Gasteiger partial charge in [-0.05, 0) is 0 Å². The first kappa shape index (κ1) is 11.2. The van der Waals surface area contributed by atoms with Crippen LogP contribution in [0.5, 0.6) is 0 Å². The van der Waals surface area contributed by atoms with Gasteiger partial charge in [-0.15, -0.1) is 0 Å². The largest absolute Gasteiger partial charge is 0.331 e. The maximum absolute atomic E-state index is 4.67. The van der Waals surface area contributed by atoms with Gasteiger partial charge >= 0.3 is 8.60 Å². The summed E-state index contributed by atoms with van der Waals surface area (Å²) in [6, 6.07) is 0. The number of hydrogen-bond acceptors (Lipinski definition) is 3. The Labute approximate surface area is 51.9 Å². The van der Waals surface area contributed by atoms with Gasteiger partial charge in [0.15, 0.2) is 0 Å². The standard InChI is InChI=1S/C3H9O3P.CH4/c1-4-7(5-2)6-3;/h1-3H3;1H4. The smallest absolute Gasteiger partial charge is 0.316 e. The first-order valence-electron chi connectivity index (χ1n) is 1.77. The quantitative estimate of drug-likeness (QED) is 0.559. The Morgan fingerprint density at radius 3 is 1.12 bits per heavy atom. The summed E-state index contributed by atoms with van der Waals surface area (Å²) < 4.78 is 14.0. The van der Waals surface area contributed by atoms with Crippen molar-refractivity contribution in [1.82, 2.24) is 0 Å². The maximum atomic E-state index is 4.67. The van der Waals surface area contributed by atoms with Crippen LogP contribution in [0, 0.1) is 0 Å². The summed E-state index contributed by atoms with van der Waals surface area (Å²) in [5, 5.41) is 0. The highest BCUT2D eigenvalue weighted by Crippen LogP contribution is 2.35. The minimum Gasteiger partial charge on any atom is -0.316 e. The monoisotopic (exact) mass is 140 g/mol. The minimum atomic E-state index is -1.05. The van der Waals surface area contributed by atoms with Gasteiger partial charge in [-0.1, -0.05) is 7.43 Å². The molecule has 0 fully saturated rings. The second-order valence-corrected chi connectivity index (χ2v) is 2.31. The summed E-state index contributed by atoms with van der Waals surface area (Å²) in [6.45, 7) is 0. The van der Waals surface area contributed by atoms with E-state index in [1.165, 1.54) is 0 Å². The molecule has 0 aliphatic rings. The molecule has 0 radical (unpaired) electrons. The lowest BCUT2D eigenvalue weighted by molar-refractivity contribution is 0.239. The Bertz CT molecular complexity index is 32.8. The number of hydrogen-bond donors (Lipinski definition) is 0. The van der Waals surface area contributed by atoms with Crippen molar-refractivity contribution in [1.29, 1.82) is 0 Å². The SMILES string of the molecule is C.COP(OC)OC. The zero-order valence-corrected chi connectivity index (χ0v) is 5.57. The normalized spacial score (nSPS) is 9.00. The third-order valence-electron chi connectivity index (χ3n) is 0.447. The molecule has 0 atom stereocenters. The fourth-order valence-electron chi connectivity index (χ4n) is 0.224. The van der Waals surface area contributed by atoms with E-state index < -0.39 is 8.60 Å². The molecule has 8 heavy (non-hydrogen) atoms. The molecule has 0 heterocycles. The van der Waals surface area contributed by atoms with Crippen LogP contribution in [0.2, 0.25) is 0 Å². The number of rotatable bonds is 3. The molecule has 0 bridgehead atoms. The fraction of sp³-hybridized carbons (Fsp3) is 1.00. The molecule has 0 aromatic heterocycles. The second kappa shape index (κ2) is 7.31. The van der Waals surface area contributed by atoms with Gasteiger partial charge in [0.1, 0.15) is 0 Å². The van der Waals surface area contributed by atoms with E-state index in [9.17, 15) is 0 Å². The van der Waals surface area contributed by atoms with E-state index in [1.807, 2.05) is 0 Å². The topological polar surface area (TPSA) is 27.7 Å². The molecule has 0 aliphatic carbocycles. The Hall–Kier alpha value is 0.310. The third-order valence-corrected chi connectivity index (χ3v) is 1.34. The van der Waals surface area contributed by atoms with Crippen LogP contribution >= 0.6 is 8.60 Å². The van der Waals surface area contributed by atoms with Gasteiger partial charge in [0, 0.05) is 21.3 Å². The van der Waals surface area contributed by atoms with Crippen molar-refractivity contribution < 1.29 is 13.6 Å². The zero-order chi connectivity index (χ0) is 5.70. The molecule has 0 saturated carbocycles. The molecule has 0 aromatic rings. The molecule has 0 rings (SSSR count). The van der Waals surface area contributed by atoms with Crippen molar-refractivity contribution in [3.63, 3.8) is 0 Å². The van der Waals surface area contributed by atoms with Crippen LogP contribution in [-0.2, 0) is 13.6 Å². The summed E-state index contributed by atoms with van der Waals surface area (Å²) in [7, 11) is 3.57. The lowest BCUT2D eigenvalue weighted by Gasteiger charge is -2.05. The highest BCUT2D eigenvalue weighted by Gasteiger charge is 2.00. The molecular formula is C4H13O3P. The van der Waals surface area contributed by atoms with Crippen LogP contribution in [0.15, 0.2) is 0 Å². The first-order valence-corrected chi connectivity index (χ1v) is 2.87. The van der Waals surface area contributed by atoms with Crippen molar-refractivity contribution in [3.05, 3.63) is 0 Å². The lowest BCUT2D eigenvalue weighted by Crippen LogP contribution is -1.81. The van der Waals surface area contributed by atoms with E-state index in [4.69, 9.17) is 0 Å². The van der Waals surface area contributed by atoms with Crippen molar-refractivity contribution >= 4 is 8.60 Å². The molecule has 0 N–H and O–H groups in total. The Balaban J connectivity index is 0. The molecule has 0 saturated heterocycles. The van der Waals surface area contributed by atoms with Gasteiger partial charge in [-0.2, -0.15) is 0 Å². The second-order valence-electron chi connectivity index (χ2n) is 0.771. The van der Waals surface area contributed by atoms with Gasteiger partial charge in [0.2, 0.25) is 0 Å². The molecule has 0 unspecified atom stereocenters. The van der Waals surface area contributed by atoms with E-state index in [-0.39, 0.29) is 7.43 Å². The summed E-state index contributed by atoms with van der Waals surface area (Å²) in [5.74, 6) is 0. The molecule has 4 heteroatoms. The predicted octanol–water partition coefficient (Wildman–Crippen LogP) is 1.79. The lowest BCUT2D eigenvalue weighted by atomic mass is 11.8.